The van der Waals surface area contributed by atoms with E-state index in [1.165, 1.54) is 7.05 Å². The van der Waals surface area contributed by atoms with Gasteiger partial charge in [-0.15, -0.1) is 0 Å². The second-order valence-corrected chi connectivity index (χ2v) is 6.90. The molecule has 0 spiro atoms. The molecule has 0 bridgehead atoms. The molecule has 1 unspecified atom stereocenters. The normalized spacial score (nSPS) is 15.1. The summed E-state index contributed by atoms with van der Waals surface area (Å²) in [5.41, 5.74) is 4.55. The maximum Gasteiger partial charge on any atom is 0.223 e. The van der Waals surface area contributed by atoms with Gasteiger partial charge in [0.05, 0.1) is 17.1 Å². The van der Waals surface area contributed by atoms with Crippen LogP contribution in [0, 0.1) is 0 Å². The topological polar surface area (TPSA) is 83.6 Å². The molecule has 7 heteroatoms. The number of thiocarbonyl (C=S) groups is 1. The zero-order valence-electron chi connectivity index (χ0n) is 10.1. The van der Waals surface area contributed by atoms with Crippen LogP contribution in [0.2, 0.25) is 0 Å². The smallest absolute Gasteiger partial charge is 0.223 e. The number of sulfonamides is 1. The van der Waals surface area contributed by atoms with Crippen molar-refractivity contribution in [3.63, 3.8) is 0 Å². The van der Waals surface area contributed by atoms with Crippen molar-refractivity contribution in [1.82, 2.24) is 4.31 Å². The van der Waals surface area contributed by atoms with Crippen molar-refractivity contribution in [3.05, 3.63) is 0 Å². The highest BCUT2D eigenvalue weighted by atomic mass is 32.2. The molecule has 0 radical (unpaired) electrons. The van der Waals surface area contributed by atoms with Crippen LogP contribution in [0.5, 0.6) is 0 Å². The number of nitrogens with two attached hydrogens (primary N) is 1. The Morgan fingerprint density at radius 2 is 2.00 bits per heavy atom. The third-order valence-electron chi connectivity index (χ3n) is 2.67. The van der Waals surface area contributed by atoms with Gasteiger partial charge in [-0.1, -0.05) is 19.1 Å². The molecule has 0 heterocycles. The second-order valence-electron chi connectivity index (χ2n) is 4.28. The monoisotopic (exact) mass is 268 g/mol. The first-order valence-corrected chi connectivity index (χ1v) is 6.90. The average Bonchev–Trinajstić information content (AvgIpc) is 2.16. The number of aliphatic hydroxyl groups excluding tert-OH is 1. The molecule has 0 aromatic carbocycles. The van der Waals surface area contributed by atoms with Gasteiger partial charge in [-0.05, 0) is 20.3 Å². The van der Waals surface area contributed by atoms with Crippen molar-refractivity contribution in [2.45, 2.75) is 38.0 Å². The first kappa shape index (κ1) is 15.8. The summed E-state index contributed by atoms with van der Waals surface area (Å²) < 4.78 is 25.4. The summed E-state index contributed by atoms with van der Waals surface area (Å²) in [5, 5.41) is 8.27. The van der Waals surface area contributed by atoms with Crippen LogP contribution >= 0.6 is 12.2 Å². The zero-order chi connectivity index (χ0) is 13.1. The highest BCUT2D eigenvalue weighted by Crippen LogP contribution is 2.20. The van der Waals surface area contributed by atoms with Crippen molar-refractivity contribution in [2.75, 3.05) is 13.7 Å². The van der Waals surface area contributed by atoms with E-state index >= 15 is 0 Å². The fraction of sp³-hybridized carbons (Fsp3) is 0.889. The molecule has 0 rings (SSSR count). The molecule has 1 atom stereocenters. The molecule has 3 N–H and O–H groups in total. The van der Waals surface area contributed by atoms with Crippen molar-refractivity contribution in [1.29, 1.82) is 0 Å². The van der Waals surface area contributed by atoms with Crippen molar-refractivity contribution < 1.29 is 13.5 Å². The fourth-order valence-electron chi connectivity index (χ4n) is 1.19. The largest absolute Gasteiger partial charge is 0.394 e. The van der Waals surface area contributed by atoms with Gasteiger partial charge in [-0.3, -0.25) is 0 Å². The van der Waals surface area contributed by atoms with Gasteiger partial charge in [0.2, 0.25) is 10.0 Å². The predicted octanol–water partition coefficient (Wildman–Crippen LogP) is 0.0836. The predicted molar refractivity (Wildman–Crippen MR) is 68.7 cm³/mol. The molecule has 0 aromatic heterocycles. The average molecular weight is 268 g/mol. The molecular formula is C9H20N2O3S2. The summed E-state index contributed by atoms with van der Waals surface area (Å²) in [6.07, 6.45) is 0.323. The van der Waals surface area contributed by atoms with E-state index in [2.05, 4.69) is 0 Å². The first-order chi connectivity index (χ1) is 7.11. The minimum atomic E-state index is -3.61. The molecule has 0 aromatic rings. The maximum atomic E-state index is 12.2. The molecule has 0 aliphatic heterocycles. The van der Waals surface area contributed by atoms with E-state index in [4.69, 9.17) is 23.1 Å². The number of hydrogen-bond donors (Lipinski definition) is 2. The number of nitrogens with zero attached hydrogens (tertiary/aromatic N) is 1. The molecule has 0 aliphatic rings. The lowest BCUT2D eigenvalue weighted by Crippen LogP contribution is -2.53. The summed E-state index contributed by atoms with van der Waals surface area (Å²) >= 11 is 4.75. The lowest BCUT2D eigenvalue weighted by Gasteiger charge is -2.35. The summed E-state index contributed by atoms with van der Waals surface area (Å²) in [6.45, 7) is 4.71. The van der Waals surface area contributed by atoms with E-state index in [-0.39, 0.29) is 11.6 Å². The van der Waals surface area contributed by atoms with E-state index in [0.29, 0.717) is 6.42 Å². The molecule has 0 amide bonds. The van der Waals surface area contributed by atoms with Crippen LogP contribution in [0.15, 0.2) is 0 Å². The summed E-state index contributed by atoms with van der Waals surface area (Å²) in [4.78, 5) is -0.0388. The van der Waals surface area contributed by atoms with Gasteiger partial charge in [0.25, 0.3) is 0 Å². The Kier molecular flexibility index (Phi) is 5.31. The molecule has 0 fully saturated rings. The fourth-order valence-corrected chi connectivity index (χ4v) is 3.57. The molecule has 5 nitrogen and oxygen atoms in total. The number of hydrogen-bond acceptors (Lipinski definition) is 4. The molecule has 0 saturated heterocycles. The van der Waals surface area contributed by atoms with E-state index < -0.39 is 20.8 Å². The molecule has 0 aliphatic carbocycles. The van der Waals surface area contributed by atoms with Gasteiger partial charge in [0.15, 0.2) is 0 Å². The molecule has 16 heavy (non-hydrogen) atoms. The first-order valence-electron chi connectivity index (χ1n) is 4.99. The zero-order valence-corrected chi connectivity index (χ0v) is 11.7. The van der Waals surface area contributed by atoms with Gasteiger partial charge < -0.3 is 10.8 Å². The van der Waals surface area contributed by atoms with Crippen molar-refractivity contribution in [3.8, 4) is 0 Å². The maximum absolute atomic E-state index is 12.2. The Morgan fingerprint density at radius 3 is 2.25 bits per heavy atom. The lowest BCUT2D eigenvalue weighted by molar-refractivity contribution is 0.137. The van der Waals surface area contributed by atoms with Crippen molar-refractivity contribution in [2.24, 2.45) is 5.73 Å². The third-order valence-corrected chi connectivity index (χ3v) is 5.67. The van der Waals surface area contributed by atoms with E-state index in [1.54, 1.807) is 20.8 Å². The Balaban J connectivity index is 5.28. The van der Waals surface area contributed by atoms with Gasteiger partial charge >= 0.3 is 0 Å². The van der Waals surface area contributed by atoms with Crippen LogP contribution in [0.4, 0.5) is 0 Å². The van der Waals surface area contributed by atoms with Crippen LogP contribution in [-0.2, 0) is 10.0 Å². The quantitative estimate of drug-likeness (QED) is 0.667. The highest BCUT2D eigenvalue weighted by molar-refractivity contribution is 7.92. The summed E-state index contributed by atoms with van der Waals surface area (Å²) in [6, 6.07) is 0. The minimum Gasteiger partial charge on any atom is -0.394 e. The van der Waals surface area contributed by atoms with E-state index in [0.717, 1.165) is 4.31 Å². The van der Waals surface area contributed by atoms with Gasteiger partial charge in [-0.25, -0.2) is 8.42 Å². The third kappa shape index (κ3) is 3.13. The van der Waals surface area contributed by atoms with E-state index in [1.807, 2.05) is 0 Å². The SMILES string of the molecule is CCC(C(N)=S)S(=O)(=O)N(C)C(C)(C)CO. The van der Waals surface area contributed by atoms with Crippen LogP contribution < -0.4 is 5.73 Å². The standard InChI is InChI=1S/C9H20N2O3S2/c1-5-7(8(10)15)16(13,14)11(4)9(2,3)6-12/h7,12H,5-6H2,1-4H3,(H2,10,15). The Labute approximate surface area is 103 Å². The van der Waals surface area contributed by atoms with Gasteiger partial charge in [-0.2, -0.15) is 4.31 Å². The van der Waals surface area contributed by atoms with Crippen molar-refractivity contribution >= 4 is 27.2 Å². The Morgan fingerprint density at radius 1 is 1.56 bits per heavy atom. The Bertz CT molecular complexity index is 352. The van der Waals surface area contributed by atoms with Crippen LogP contribution in [0.25, 0.3) is 0 Å². The van der Waals surface area contributed by atoms with Gasteiger partial charge in [0.1, 0.15) is 5.25 Å². The number of likely N-dealkylation sites (N-methyl/N-ethyl adjacent to an activating group) is 1. The highest BCUT2D eigenvalue weighted by Gasteiger charge is 2.38. The van der Waals surface area contributed by atoms with Crippen LogP contribution in [0.1, 0.15) is 27.2 Å². The lowest BCUT2D eigenvalue weighted by atomic mass is 10.1. The van der Waals surface area contributed by atoms with Gasteiger partial charge in [0, 0.05) is 7.05 Å². The molecule has 96 valence electrons. The number of rotatable bonds is 6. The molecule has 0 saturated carbocycles. The minimum absolute atomic E-state index is 0.0388. The summed E-state index contributed by atoms with van der Waals surface area (Å²) in [7, 11) is -2.19. The summed E-state index contributed by atoms with van der Waals surface area (Å²) in [5.74, 6) is 0. The molecular weight excluding hydrogens is 248 g/mol. The Hall–Kier alpha value is -0.240. The van der Waals surface area contributed by atoms with E-state index in [9.17, 15) is 8.42 Å². The van der Waals surface area contributed by atoms with Crippen LogP contribution in [-0.4, -0.2) is 47.3 Å². The number of aliphatic hydroxyl groups is 1. The van der Waals surface area contributed by atoms with Crippen LogP contribution in [0.3, 0.4) is 0 Å². The second kappa shape index (κ2) is 5.39.